The van der Waals surface area contributed by atoms with E-state index in [0.717, 1.165) is 19.5 Å². The first-order valence-electron chi connectivity index (χ1n) is 8.33. The van der Waals surface area contributed by atoms with E-state index in [1.54, 1.807) is 0 Å². The topological polar surface area (TPSA) is 46.3 Å². The SMILES string of the molecule is Cc1ccc(C2CCN(C(=O)[C@H](N)C(C)C)CC2(C)C)cc1. The molecule has 1 heterocycles. The Hall–Kier alpha value is -1.35. The van der Waals surface area contributed by atoms with Crippen molar-refractivity contribution in [1.29, 1.82) is 0 Å². The summed E-state index contributed by atoms with van der Waals surface area (Å²) in [6.45, 7) is 12.2. The van der Waals surface area contributed by atoms with E-state index in [9.17, 15) is 4.79 Å². The Balaban J connectivity index is 2.12. The Morgan fingerprint density at radius 1 is 1.27 bits per heavy atom. The zero-order chi connectivity index (χ0) is 16.5. The van der Waals surface area contributed by atoms with Crippen LogP contribution in [0.5, 0.6) is 0 Å². The third-order valence-electron chi connectivity index (χ3n) is 5.02. The molecule has 3 nitrogen and oxygen atoms in total. The summed E-state index contributed by atoms with van der Waals surface area (Å²) in [4.78, 5) is 14.5. The summed E-state index contributed by atoms with van der Waals surface area (Å²) in [5, 5.41) is 0. The highest BCUT2D eigenvalue weighted by Gasteiger charge is 2.39. The molecule has 1 aromatic rings. The molecule has 1 amide bonds. The minimum atomic E-state index is -0.383. The van der Waals surface area contributed by atoms with Crippen LogP contribution in [-0.4, -0.2) is 29.9 Å². The zero-order valence-electron chi connectivity index (χ0n) is 14.6. The van der Waals surface area contributed by atoms with Crippen molar-refractivity contribution in [2.75, 3.05) is 13.1 Å². The van der Waals surface area contributed by atoms with Gasteiger partial charge in [0.25, 0.3) is 0 Å². The smallest absolute Gasteiger partial charge is 0.239 e. The molecule has 1 aliphatic rings. The monoisotopic (exact) mass is 302 g/mol. The van der Waals surface area contributed by atoms with Crippen molar-refractivity contribution in [3.63, 3.8) is 0 Å². The Labute approximate surface area is 134 Å². The fourth-order valence-corrected chi connectivity index (χ4v) is 3.46. The van der Waals surface area contributed by atoms with Gasteiger partial charge in [0.05, 0.1) is 6.04 Å². The second-order valence-corrected chi connectivity index (χ2v) is 7.77. The maximum absolute atomic E-state index is 12.5. The molecule has 0 spiro atoms. The van der Waals surface area contributed by atoms with Gasteiger partial charge in [-0.3, -0.25) is 4.79 Å². The van der Waals surface area contributed by atoms with Gasteiger partial charge in [0.1, 0.15) is 0 Å². The maximum Gasteiger partial charge on any atom is 0.239 e. The van der Waals surface area contributed by atoms with Crippen LogP contribution < -0.4 is 5.73 Å². The largest absolute Gasteiger partial charge is 0.341 e. The van der Waals surface area contributed by atoms with Crippen LogP contribution in [0.4, 0.5) is 0 Å². The van der Waals surface area contributed by atoms with Crippen LogP contribution in [0.2, 0.25) is 0 Å². The third-order valence-corrected chi connectivity index (χ3v) is 5.02. The van der Waals surface area contributed by atoms with Gasteiger partial charge in [-0.2, -0.15) is 0 Å². The van der Waals surface area contributed by atoms with E-state index in [1.807, 2.05) is 18.7 Å². The fraction of sp³-hybridized carbons (Fsp3) is 0.632. The van der Waals surface area contributed by atoms with E-state index < -0.39 is 0 Å². The molecule has 2 N–H and O–H groups in total. The van der Waals surface area contributed by atoms with Gasteiger partial charge in [-0.05, 0) is 36.2 Å². The summed E-state index contributed by atoms with van der Waals surface area (Å²) in [5.74, 6) is 0.781. The van der Waals surface area contributed by atoms with Crippen LogP contribution in [-0.2, 0) is 4.79 Å². The van der Waals surface area contributed by atoms with E-state index in [0.29, 0.717) is 5.92 Å². The summed E-state index contributed by atoms with van der Waals surface area (Å²) in [6, 6.07) is 8.44. The highest BCUT2D eigenvalue weighted by molar-refractivity contribution is 5.82. The molecule has 1 aromatic carbocycles. The zero-order valence-corrected chi connectivity index (χ0v) is 14.6. The number of amides is 1. The van der Waals surface area contributed by atoms with Crippen LogP contribution in [0.1, 0.15) is 51.2 Å². The number of aryl methyl sites for hydroxylation is 1. The predicted molar refractivity (Wildman–Crippen MR) is 91.7 cm³/mol. The average Bonchev–Trinajstić information content (AvgIpc) is 2.45. The molecule has 0 bridgehead atoms. The Bertz CT molecular complexity index is 519. The minimum Gasteiger partial charge on any atom is -0.341 e. The lowest BCUT2D eigenvalue weighted by atomic mass is 9.70. The van der Waals surface area contributed by atoms with Crippen molar-refractivity contribution in [2.24, 2.45) is 17.1 Å². The summed E-state index contributed by atoms with van der Waals surface area (Å²) in [6.07, 6.45) is 1.01. The third kappa shape index (κ3) is 3.52. The number of nitrogens with two attached hydrogens (primary N) is 1. The number of likely N-dealkylation sites (tertiary alicyclic amines) is 1. The summed E-state index contributed by atoms with van der Waals surface area (Å²) in [7, 11) is 0. The molecule has 2 atom stereocenters. The Morgan fingerprint density at radius 2 is 1.86 bits per heavy atom. The standard InChI is InChI=1S/C19H30N2O/c1-13(2)17(20)18(22)21-11-10-16(19(4,5)12-21)15-8-6-14(3)7-9-15/h6-9,13,16-17H,10-12,20H2,1-5H3/t16?,17-/m1/s1. The van der Waals surface area contributed by atoms with Crippen molar-refractivity contribution in [3.05, 3.63) is 35.4 Å². The lowest BCUT2D eigenvalue weighted by molar-refractivity contribution is -0.137. The molecule has 22 heavy (non-hydrogen) atoms. The van der Waals surface area contributed by atoms with Gasteiger partial charge >= 0.3 is 0 Å². The van der Waals surface area contributed by atoms with Gasteiger partial charge in [0, 0.05) is 13.1 Å². The van der Waals surface area contributed by atoms with Gasteiger partial charge in [-0.25, -0.2) is 0 Å². The highest BCUT2D eigenvalue weighted by Crippen LogP contribution is 2.42. The van der Waals surface area contributed by atoms with Gasteiger partial charge in [0.15, 0.2) is 0 Å². The maximum atomic E-state index is 12.5. The van der Waals surface area contributed by atoms with Crippen LogP contribution in [0.25, 0.3) is 0 Å². The van der Waals surface area contributed by atoms with Crippen LogP contribution in [0.3, 0.4) is 0 Å². The summed E-state index contributed by atoms with van der Waals surface area (Å²) < 4.78 is 0. The summed E-state index contributed by atoms with van der Waals surface area (Å²) in [5.41, 5.74) is 8.79. The molecule has 0 aliphatic carbocycles. The number of hydrogen-bond donors (Lipinski definition) is 1. The predicted octanol–water partition coefficient (Wildman–Crippen LogP) is 3.32. The summed E-state index contributed by atoms with van der Waals surface area (Å²) >= 11 is 0. The first-order chi connectivity index (χ1) is 10.2. The van der Waals surface area contributed by atoms with Crippen LogP contribution in [0, 0.1) is 18.3 Å². The molecule has 0 saturated carbocycles. The molecule has 122 valence electrons. The lowest BCUT2D eigenvalue weighted by Gasteiger charge is -2.45. The number of hydrogen-bond acceptors (Lipinski definition) is 2. The molecule has 2 rings (SSSR count). The normalized spacial score (nSPS) is 22.7. The molecule has 0 aromatic heterocycles. The van der Waals surface area contributed by atoms with E-state index in [1.165, 1.54) is 11.1 Å². The van der Waals surface area contributed by atoms with Crippen LogP contribution in [0.15, 0.2) is 24.3 Å². The molecular weight excluding hydrogens is 272 g/mol. The number of rotatable bonds is 3. The molecule has 1 aliphatic heterocycles. The number of carbonyl (C=O) groups is 1. The van der Waals surface area contributed by atoms with Crippen LogP contribution >= 0.6 is 0 Å². The molecule has 1 saturated heterocycles. The van der Waals surface area contributed by atoms with E-state index in [-0.39, 0.29) is 23.3 Å². The van der Waals surface area contributed by atoms with Crippen molar-refractivity contribution >= 4 is 5.91 Å². The fourth-order valence-electron chi connectivity index (χ4n) is 3.46. The van der Waals surface area contributed by atoms with Crippen molar-refractivity contribution in [2.45, 2.75) is 53.0 Å². The minimum absolute atomic E-state index is 0.0693. The van der Waals surface area contributed by atoms with E-state index in [2.05, 4.69) is 45.0 Å². The molecule has 1 fully saturated rings. The molecule has 0 radical (unpaired) electrons. The first kappa shape index (κ1) is 17.0. The number of benzene rings is 1. The molecule has 3 heteroatoms. The van der Waals surface area contributed by atoms with Gasteiger partial charge in [-0.15, -0.1) is 0 Å². The average molecular weight is 302 g/mol. The number of nitrogens with zero attached hydrogens (tertiary/aromatic N) is 1. The second-order valence-electron chi connectivity index (χ2n) is 7.77. The number of carbonyl (C=O) groups excluding carboxylic acids is 1. The van der Waals surface area contributed by atoms with Gasteiger partial charge in [0.2, 0.25) is 5.91 Å². The molecule has 1 unspecified atom stereocenters. The highest BCUT2D eigenvalue weighted by atomic mass is 16.2. The van der Waals surface area contributed by atoms with Gasteiger partial charge in [-0.1, -0.05) is 57.5 Å². The van der Waals surface area contributed by atoms with Crippen molar-refractivity contribution < 1.29 is 4.79 Å². The second kappa shape index (κ2) is 6.41. The van der Waals surface area contributed by atoms with E-state index in [4.69, 9.17) is 5.73 Å². The Kier molecular flexibility index (Phi) is 4.96. The first-order valence-corrected chi connectivity index (χ1v) is 8.33. The van der Waals surface area contributed by atoms with Crippen molar-refractivity contribution in [1.82, 2.24) is 4.90 Å². The lowest BCUT2D eigenvalue weighted by Crippen LogP contribution is -2.53. The van der Waals surface area contributed by atoms with Crippen molar-refractivity contribution in [3.8, 4) is 0 Å². The number of piperidine rings is 1. The molecular formula is C19H30N2O. The Morgan fingerprint density at radius 3 is 2.36 bits per heavy atom. The van der Waals surface area contributed by atoms with E-state index >= 15 is 0 Å². The van der Waals surface area contributed by atoms with Gasteiger partial charge < -0.3 is 10.6 Å². The quantitative estimate of drug-likeness (QED) is 0.931.